The van der Waals surface area contributed by atoms with Gasteiger partial charge in [-0.15, -0.1) is 11.3 Å². The van der Waals surface area contributed by atoms with Crippen molar-refractivity contribution in [3.8, 4) is 5.69 Å². The summed E-state index contributed by atoms with van der Waals surface area (Å²) in [6.07, 6.45) is 3.67. The number of hydrogen-bond acceptors (Lipinski definition) is 5. The number of fused-ring (bicyclic) bond motifs is 1. The first-order valence-corrected chi connectivity index (χ1v) is 10.8. The fraction of sp³-hybridized carbons (Fsp3) is 0.227. The highest BCUT2D eigenvalue weighted by molar-refractivity contribution is 7.18. The molecule has 0 saturated carbocycles. The molecule has 3 heterocycles. The van der Waals surface area contributed by atoms with Gasteiger partial charge in [-0.1, -0.05) is 41.9 Å². The van der Waals surface area contributed by atoms with Gasteiger partial charge in [0.05, 0.1) is 32.8 Å². The Morgan fingerprint density at radius 3 is 2.48 bits per heavy atom. The molecular weight excluding hydrogens is 404 g/mol. The zero-order valence-electron chi connectivity index (χ0n) is 15.7. The molecule has 0 N–H and O–H groups in total. The van der Waals surface area contributed by atoms with Crippen molar-refractivity contribution < 1.29 is 0 Å². The van der Waals surface area contributed by atoms with Crippen molar-refractivity contribution in [2.45, 2.75) is 18.8 Å². The number of anilines is 1. The van der Waals surface area contributed by atoms with E-state index in [1.165, 1.54) is 14.4 Å². The van der Waals surface area contributed by atoms with Crippen molar-refractivity contribution in [3.63, 3.8) is 0 Å². The Morgan fingerprint density at radius 2 is 1.72 bits per heavy atom. The summed E-state index contributed by atoms with van der Waals surface area (Å²) in [5.41, 5.74) is 2.21. The minimum absolute atomic E-state index is 0.224. The standard InChI is InChI=1S/C22H19ClN4OS/c23-20-18(14-24-27(22(20)28)16-6-2-1-3-7-16)26-12-10-15(11-13-26)21-25-17-8-4-5-9-19(17)29-21/h1-9,14-15H,10-13H2. The average molecular weight is 423 g/mol. The summed E-state index contributed by atoms with van der Waals surface area (Å²) >= 11 is 8.25. The highest BCUT2D eigenvalue weighted by Gasteiger charge is 2.25. The second-order valence-electron chi connectivity index (χ2n) is 7.18. The van der Waals surface area contributed by atoms with E-state index in [4.69, 9.17) is 16.6 Å². The quantitative estimate of drug-likeness (QED) is 0.472. The lowest BCUT2D eigenvalue weighted by Gasteiger charge is -2.33. The van der Waals surface area contributed by atoms with Gasteiger partial charge in [0, 0.05) is 19.0 Å². The lowest BCUT2D eigenvalue weighted by atomic mass is 9.97. The number of hydrogen-bond donors (Lipinski definition) is 0. The molecule has 146 valence electrons. The maximum atomic E-state index is 12.8. The number of piperidine rings is 1. The molecule has 2 aromatic carbocycles. The Morgan fingerprint density at radius 1 is 1.00 bits per heavy atom. The Balaban J connectivity index is 1.35. The van der Waals surface area contributed by atoms with Gasteiger partial charge < -0.3 is 4.90 Å². The van der Waals surface area contributed by atoms with Gasteiger partial charge in [0.2, 0.25) is 0 Å². The van der Waals surface area contributed by atoms with Crippen molar-refractivity contribution in [1.82, 2.24) is 14.8 Å². The van der Waals surface area contributed by atoms with Crippen LogP contribution in [0, 0.1) is 0 Å². The third-order valence-corrected chi connectivity index (χ3v) is 6.95. The van der Waals surface area contributed by atoms with Crippen molar-refractivity contribution in [1.29, 1.82) is 0 Å². The molecule has 0 aliphatic carbocycles. The highest BCUT2D eigenvalue weighted by atomic mass is 35.5. The predicted octanol–water partition coefficient (Wildman–Crippen LogP) is 4.88. The molecule has 0 atom stereocenters. The van der Waals surface area contributed by atoms with E-state index in [9.17, 15) is 4.79 Å². The molecule has 0 amide bonds. The van der Waals surface area contributed by atoms with Gasteiger partial charge in [0.25, 0.3) is 5.56 Å². The minimum Gasteiger partial charge on any atom is -0.369 e. The molecule has 0 unspecified atom stereocenters. The third-order valence-electron chi connectivity index (χ3n) is 5.40. The fourth-order valence-electron chi connectivity index (χ4n) is 3.83. The summed E-state index contributed by atoms with van der Waals surface area (Å²) in [5.74, 6) is 0.445. The highest BCUT2D eigenvalue weighted by Crippen LogP contribution is 2.35. The topological polar surface area (TPSA) is 51.0 Å². The lowest BCUT2D eigenvalue weighted by Crippen LogP contribution is -2.35. The van der Waals surface area contributed by atoms with Gasteiger partial charge in [-0.05, 0) is 37.1 Å². The Bertz CT molecular complexity index is 1180. The maximum absolute atomic E-state index is 12.8. The normalized spacial score (nSPS) is 15.1. The molecule has 7 heteroatoms. The summed E-state index contributed by atoms with van der Waals surface area (Å²) < 4.78 is 2.58. The number of benzene rings is 2. The molecule has 0 spiro atoms. The molecular formula is C22H19ClN4OS. The maximum Gasteiger partial charge on any atom is 0.292 e. The van der Waals surface area contributed by atoms with Crippen molar-refractivity contribution in [2.24, 2.45) is 0 Å². The van der Waals surface area contributed by atoms with E-state index in [0.29, 0.717) is 17.3 Å². The molecule has 0 bridgehead atoms. The zero-order valence-corrected chi connectivity index (χ0v) is 17.2. The van der Waals surface area contributed by atoms with Gasteiger partial charge in [-0.25, -0.2) is 4.98 Å². The number of nitrogens with zero attached hydrogens (tertiary/aromatic N) is 4. The van der Waals surface area contributed by atoms with E-state index in [0.717, 1.165) is 31.4 Å². The second kappa shape index (κ2) is 7.61. The van der Waals surface area contributed by atoms with E-state index >= 15 is 0 Å². The molecule has 1 aliphatic heterocycles. The predicted molar refractivity (Wildman–Crippen MR) is 119 cm³/mol. The number of rotatable bonds is 3. The van der Waals surface area contributed by atoms with E-state index < -0.39 is 0 Å². The molecule has 1 fully saturated rings. The van der Waals surface area contributed by atoms with Gasteiger partial charge in [-0.2, -0.15) is 9.78 Å². The van der Waals surface area contributed by atoms with Crippen molar-refractivity contribution in [3.05, 3.63) is 81.2 Å². The van der Waals surface area contributed by atoms with Gasteiger partial charge in [0.1, 0.15) is 5.02 Å². The average Bonchev–Trinajstić information content (AvgIpc) is 3.21. The van der Waals surface area contributed by atoms with Crippen LogP contribution in [0.4, 0.5) is 5.69 Å². The number of aromatic nitrogens is 3. The van der Waals surface area contributed by atoms with E-state index in [-0.39, 0.29) is 10.6 Å². The van der Waals surface area contributed by atoms with E-state index in [1.54, 1.807) is 17.5 Å². The first-order valence-electron chi connectivity index (χ1n) is 9.64. The Labute approximate surface area is 177 Å². The second-order valence-corrected chi connectivity index (χ2v) is 8.62. The van der Waals surface area contributed by atoms with Crippen LogP contribution in [0.15, 0.2) is 65.6 Å². The van der Waals surface area contributed by atoms with Crippen LogP contribution in [0.25, 0.3) is 15.9 Å². The zero-order chi connectivity index (χ0) is 19.8. The molecule has 2 aromatic heterocycles. The van der Waals surface area contributed by atoms with Crippen LogP contribution in [0.3, 0.4) is 0 Å². The summed E-state index contributed by atoms with van der Waals surface area (Å²) in [7, 11) is 0. The van der Waals surface area contributed by atoms with Gasteiger partial charge >= 0.3 is 0 Å². The third kappa shape index (κ3) is 3.43. The van der Waals surface area contributed by atoms with Gasteiger partial charge in [0.15, 0.2) is 0 Å². The van der Waals surface area contributed by atoms with E-state index in [2.05, 4.69) is 28.2 Å². The monoisotopic (exact) mass is 422 g/mol. The smallest absolute Gasteiger partial charge is 0.292 e. The molecule has 1 aliphatic rings. The molecule has 4 aromatic rings. The van der Waals surface area contributed by atoms with Crippen LogP contribution in [0.1, 0.15) is 23.8 Å². The molecule has 5 rings (SSSR count). The van der Waals surface area contributed by atoms with Crippen molar-refractivity contribution >= 4 is 38.8 Å². The van der Waals surface area contributed by atoms with E-state index in [1.807, 2.05) is 36.4 Å². The fourth-order valence-corrected chi connectivity index (χ4v) is 5.21. The summed E-state index contributed by atoms with van der Waals surface area (Å²) in [5, 5.41) is 5.79. The van der Waals surface area contributed by atoms with Crippen LogP contribution in [0.5, 0.6) is 0 Å². The summed E-state index contributed by atoms with van der Waals surface area (Å²) in [6.45, 7) is 1.66. The minimum atomic E-state index is -0.288. The van der Waals surface area contributed by atoms with Crippen LogP contribution in [0.2, 0.25) is 5.02 Å². The van der Waals surface area contributed by atoms with Crippen LogP contribution in [-0.4, -0.2) is 27.9 Å². The molecule has 0 radical (unpaired) electrons. The first-order chi connectivity index (χ1) is 14.2. The number of para-hydroxylation sites is 2. The Hall–Kier alpha value is -2.70. The van der Waals surface area contributed by atoms with Crippen molar-refractivity contribution in [2.75, 3.05) is 18.0 Å². The molecule has 5 nitrogen and oxygen atoms in total. The summed E-state index contributed by atoms with van der Waals surface area (Å²) in [4.78, 5) is 19.7. The van der Waals surface area contributed by atoms with Crippen LogP contribution >= 0.6 is 22.9 Å². The largest absolute Gasteiger partial charge is 0.369 e. The van der Waals surface area contributed by atoms with Gasteiger partial charge in [-0.3, -0.25) is 4.79 Å². The molecule has 1 saturated heterocycles. The Kier molecular flexibility index (Phi) is 4.81. The van der Waals surface area contributed by atoms with Crippen LogP contribution in [-0.2, 0) is 0 Å². The number of halogens is 1. The lowest BCUT2D eigenvalue weighted by molar-refractivity contribution is 0.503. The van der Waals surface area contributed by atoms with Crippen LogP contribution < -0.4 is 10.5 Å². The number of thiazole rings is 1. The molecule has 29 heavy (non-hydrogen) atoms. The SMILES string of the molecule is O=c1c(Cl)c(N2CCC(c3nc4ccccc4s3)CC2)cnn1-c1ccccc1. The first kappa shape index (κ1) is 18.3. The summed E-state index contributed by atoms with van der Waals surface area (Å²) in [6, 6.07) is 17.6.